The van der Waals surface area contributed by atoms with E-state index in [4.69, 9.17) is 9.72 Å². The van der Waals surface area contributed by atoms with Crippen LogP contribution in [0.2, 0.25) is 0 Å². The summed E-state index contributed by atoms with van der Waals surface area (Å²) in [6, 6.07) is 18.2. The third-order valence-corrected chi connectivity index (χ3v) is 4.10. The molecule has 26 heavy (non-hydrogen) atoms. The maximum Gasteiger partial charge on any atom is 0.229 e. The summed E-state index contributed by atoms with van der Waals surface area (Å²) in [7, 11) is 1.65. The minimum atomic E-state index is 0.551. The van der Waals surface area contributed by atoms with Crippen molar-refractivity contribution in [3.05, 3.63) is 65.9 Å². The first kappa shape index (κ1) is 17.7. The zero-order valence-electron chi connectivity index (χ0n) is 15.7. The van der Waals surface area contributed by atoms with Crippen LogP contribution in [0.15, 0.2) is 54.6 Å². The van der Waals surface area contributed by atoms with E-state index in [0.29, 0.717) is 5.95 Å². The van der Waals surface area contributed by atoms with E-state index in [0.717, 1.165) is 35.2 Å². The van der Waals surface area contributed by atoms with Crippen LogP contribution in [-0.2, 0) is 0 Å². The molecular formula is C21H24N4O. The summed E-state index contributed by atoms with van der Waals surface area (Å²) in [5.41, 5.74) is 4.08. The first-order chi connectivity index (χ1) is 12.6. The van der Waals surface area contributed by atoms with Crippen LogP contribution in [0.5, 0.6) is 5.75 Å². The molecule has 0 radical (unpaired) electrons. The lowest BCUT2D eigenvalue weighted by molar-refractivity contribution is 0.417. The molecular weight excluding hydrogens is 324 g/mol. The van der Waals surface area contributed by atoms with Gasteiger partial charge in [0.2, 0.25) is 5.95 Å². The van der Waals surface area contributed by atoms with E-state index >= 15 is 0 Å². The van der Waals surface area contributed by atoms with E-state index in [1.165, 1.54) is 5.56 Å². The molecule has 0 bridgehead atoms. The van der Waals surface area contributed by atoms with Gasteiger partial charge in [0.25, 0.3) is 0 Å². The molecule has 1 N–H and O–H groups in total. The Kier molecular flexibility index (Phi) is 5.37. The fraction of sp³-hybridized carbons (Fsp3) is 0.238. The summed E-state index contributed by atoms with van der Waals surface area (Å²) >= 11 is 0. The molecule has 0 spiro atoms. The molecule has 0 fully saturated rings. The minimum absolute atomic E-state index is 0.551. The van der Waals surface area contributed by atoms with Gasteiger partial charge in [0.15, 0.2) is 0 Å². The Balaban J connectivity index is 1.96. The molecule has 3 rings (SSSR count). The van der Waals surface area contributed by atoms with E-state index in [9.17, 15) is 0 Å². The van der Waals surface area contributed by atoms with Crippen LogP contribution in [0.1, 0.15) is 18.2 Å². The molecule has 0 aliphatic carbocycles. The van der Waals surface area contributed by atoms with Gasteiger partial charge in [0.05, 0.1) is 12.8 Å². The fourth-order valence-electron chi connectivity index (χ4n) is 2.89. The molecule has 0 unspecified atom stereocenters. The smallest absolute Gasteiger partial charge is 0.229 e. The van der Waals surface area contributed by atoms with Crippen molar-refractivity contribution in [1.82, 2.24) is 9.97 Å². The van der Waals surface area contributed by atoms with Crippen LogP contribution < -0.4 is 15.0 Å². The monoisotopic (exact) mass is 348 g/mol. The molecule has 0 aliphatic heterocycles. The predicted molar refractivity (Wildman–Crippen MR) is 107 cm³/mol. The second-order valence-corrected chi connectivity index (χ2v) is 6.10. The van der Waals surface area contributed by atoms with Gasteiger partial charge in [-0.1, -0.05) is 24.3 Å². The lowest BCUT2D eigenvalue weighted by atomic mass is 10.2. The lowest BCUT2D eigenvalue weighted by Crippen LogP contribution is -2.18. The van der Waals surface area contributed by atoms with E-state index in [1.807, 2.05) is 37.3 Å². The van der Waals surface area contributed by atoms with Gasteiger partial charge in [-0.25, -0.2) is 4.98 Å². The van der Waals surface area contributed by atoms with Crippen molar-refractivity contribution in [3.63, 3.8) is 0 Å². The zero-order chi connectivity index (χ0) is 18.5. The van der Waals surface area contributed by atoms with Gasteiger partial charge in [-0.05, 0) is 50.6 Å². The third kappa shape index (κ3) is 3.94. The second kappa shape index (κ2) is 7.87. The molecule has 0 amide bonds. The summed E-state index contributed by atoms with van der Waals surface area (Å²) in [4.78, 5) is 11.4. The third-order valence-electron chi connectivity index (χ3n) is 4.10. The number of aryl methyl sites for hydroxylation is 2. The molecule has 5 heteroatoms. The molecule has 0 aliphatic rings. The fourth-order valence-corrected chi connectivity index (χ4v) is 2.89. The predicted octanol–water partition coefficient (Wildman–Crippen LogP) is 5.00. The number of benzene rings is 2. The number of aromatic nitrogens is 2. The largest absolute Gasteiger partial charge is 0.495 e. The topological polar surface area (TPSA) is 50.3 Å². The Hall–Kier alpha value is -3.08. The highest BCUT2D eigenvalue weighted by Gasteiger charge is 2.12. The van der Waals surface area contributed by atoms with Gasteiger partial charge < -0.3 is 15.0 Å². The molecule has 3 aromatic rings. The highest BCUT2D eigenvalue weighted by molar-refractivity contribution is 5.66. The molecule has 1 aromatic heterocycles. The van der Waals surface area contributed by atoms with Crippen LogP contribution in [0.3, 0.4) is 0 Å². The van der Waals surface area contributed by atoms with E-state index in [-0.39, 0.29) is 0 Å². The number of hydrogen-bond acceptors (Lipinski definition) is 5. The van der Waals surface area contributed by atoms with E-state index in [2.05, 4.69) is 53.3 Å². The first-order valence-corrected chi connectivity index (χ1v) is 8.70. The van der Waals surface area contributed by atoms with Crippen LogP contribution in [0.4, 0.5) is 23.1 Å². The van der Waals surface area contributed by atoms with Crippen LogP contribution in [0, 0.1) is 13.8 Å². The molecule has 1 heterocycles. The summed E-state index contributed by atoms with van der Waals surface area (Å²) in [6.45, 7) is 7.00. The number of para-hydroxylation sites is 2. The van der Waals surface area contributed by atoms with Crippen molar-refractivity contribution in [2.24, 2.45) is 0 Å². The van der Waals surface area contributed by atoms with Crippen molar-refractivity contribution in [2.75, 3.05) is 23.9 Å². The van der Waals surface area contributed by atoms with E-state index in [1.54, 1.807) is 7.11 Å². The Morgan fingerprint density at radius 3 is 2.54 bits per heavy atom. The average molecular weight is 348 g/mol. The van der Waals surface area contributed by atoms with Gasteiger partial charge in [0.1, 0.15) is 11.6 Å². The number of ether oxygens (including phenoxy) is 1. The Morgan fingerprint density at radius 1 is 1.00 bits per heavy atom. The quantitative estimate of drug-likeness (QED) is 0.679. The minimum Gasteiger partial charge on any atom is -0.495 e. The second-order valence-electron chi connectivity index (χ2n) is 6.10. The van der Waals surface area contributed by atoms with Crippen molar-refractivity contribution in [1.29, 1.82) is 0 Å². The van der Waals surface area contributed by atoms with Gasteiger partial charge in [0, 0.05) is 24.0 Å². The van der Waals surface area contributed by atoms with Crippen LogP contribution in [-0.4, -0.2) is 23.6 Å². The van der Waals surface area contributed by atoms with Crippen molar-refractivity contribution in [2.45, 2.75) is 20.8 Å². The summed E-state index contributed by atoms with van der Waals surface area (Å²) in [5.74, 6) is 2.17. The zero-order valence-corrected chi connectivity index (χ0v) is 15.7. The van der Waals surface area contributed by atoms with Gasteiger partial charge in [-0.2, -0.15) is 4.98 Å². The number of hydrogen-bond donors (Lipinski definition) is 1. The van der Waals surface area contributed by atoms with E-state index < -0.39 is 0 Å². The number of rotatable bonds is 6. The molecule has 5 nitrogen and oxygen atoms in total. The summed E-state index contributed by atoms with van der Waals surface area (Å²) < 4.78 is 5.40. The maximum absolute atomic E-state index is 5.40. The Morgan fingerprint density at radius 2 is 1.81 bits per heavy atom. The first-order valence-electron chi connectivity index (χ1n) is 8.70. The summed E-state index contributed by atoms with van der Waals surface area (Å²) in [6.07, 6.45) is 0. The number of nitrogens with zero attached hydrogens (tertiary/aromatic N) is 3. The normalized spacial score (nSPS) is 10.5. The average Bonchev–Trinajstić information content (AvgIpc) is 2.62. The molecule has 0 saturated carbocycles. The number of methoxy groups -OCH3 is 1. The van der Waals surface area contributed by atoms with Crippen molar-refractivity contribution < 1.29 is 4.74 Å². The van der Waals surface area contributed by atoms with Gasteiger partial charge in [-0.15, -0.1) is 0 Å². The SMILES string of the molecule is CCN(c1cccc(C)c1)c1cc(C)nc(Nc2ccccc2OC)n1. The molecule has 0 saturated heterocycles. The Bertz CT molecular complexity index is 895. The molecule has 134 valence electrons. The maximum atomic E-state index is 5.40. The lowest BCUT2D eigenvalue weighted by Gasteiger charge is -2.23. The highest BCUT2D eigenvalue weighted by atomic mass is 16.5. The Labute approximate surface area is 154 Å². The number of nitrogens with one attached hydrogen (secondary N) is 1. The standard InChI is InChI=1S/C21H24N4O/c1-5-25(17-10-8-9-15(2)13-17)20-14-16(3)22-21(24-20)23-18-11-6-7-12-19(18)26-4/h6-14H,5H2,1-4H3,(H,22,23,24). The van der Waals surface area contributed by atoms with Gasteiger partial charge >= 0.3 is 0 Å². The number of anilines is 4. The van der Waals surface area contributed by atoms with Crippen molar-refractivity contribution in [3.8, 4) is 5.75 Å². The van der Waals surface area contributed by atoms with Crippen LogP contribution >= 0.6 is 0 Å². The highest BCUT2D eigenvalue weighted by Crippen LogP contribution is 2.29. The van der Waals surface area contributed by atoms with Crippen molar-refractivity contribution >= 4 is 23.1 Å². The van der Waals surface area contributed by atoms with Gasteiger partial charge in [-0.3, -0.25) is 0 Å². The van der Waals surface area contributed by atoms with Crippen LogP contribution in [0.25, 0.3) is 0 Å². The summed E-state index contributed by atoms with van der Waals surface area (Å²) in [5, 5.41) is 3.27. The molecule has 0 atom stereocenters. The molecule has 2 aromatic carbocycles.